The standard InChI is InChI=1S/C11H19N3O/c1-11(13)8-9(12)2-3-10(11)14-4-6-15-7-5-14/h2-3H,4-8,12-13H2,1H3. The molecule has 1 fully saturated rings. The van der Waals surface area contributed by atoms with E-state index in [1.165, 1.54) is 5.70 Å². The molecule has 0 bridgehead atoms. The summed E-state index contributed by atoms with van der Waals surface area (Å²) in [5.74, 6) is 0. The lowest BCUT2D eigenvalue weighted by molar-refractivity contribution is 0.0472. The number of ether oxygens (including phenoxy) is 1. The minimum Gasteiger partial charge on any atom is -0.402 e. The number of hydrogen-bond acceptors (Lipinski definition) is 4. The fourth-order valence-corrected chi connectivity index (χ4v) is 2.22. The Balaban J connectivity index is 2.18. The second-order valence-electron chi connectivity index (χ2n) is 4.49. The Morgan fingerprint density at radius 1 is 1.33 bits per heavy atom. The third-order valence-corrected chi connectivity index (χ3v) is 2.96. The normalized spacial score (nSPS) is 32.3. The van der Waals surface area contributed by atoms with Crippen molar-refractivity contribution in [2.45, 2.75) is 18.9 Å². The minimum atomic E-state index is -0.337. The SMILES string of the molecule is CC1(N)CC(N)=CC=C1N1CCOCC1. The van der Waals surface area contributed by atoms with Crippen LogP contribution in [0.1, 0.15) is 13.3 Å². The Labute approximate surface area is 90.6 Å². The van der Waals surface area contributed by atoms with Gasteiger partial charge in [-0.3, -0.25) is 0 Å². The molecule has 4 nitrogen and oxygen atoms in total. The maximum absolute atomic E-state index is 6.27. The summed E-state index contributed by atoms with van der Waals surface area (Å²) in [7, 11) is 0. The Kier molecular flexibility index (Phi) is 2.71. The third kappa shape index (κ3) is 2.16. The van der Waals surface area contributed by atoms with Crippen LogP contribution in [0.25, 0.3) is 0 Å². The average Bonchev–Trinajstić information content (AvgIpc) is 2.17. The molecule has 4 heteroatoms. The largest absolute Gasteiger partial charge is 0.402 e. The van der Waals surface area contributed by atoms with Gasteiger partial charge in [-0.15, -0.1) is 0 Å². The van der Waals surface area contributed by atoms with Gasteiger partial charge in [0.25, 0.3) is 0 Å². The van der Waals surface area contributed by atoms with Crippen LogP contribution in [0.3, 0.4) is 0 Å². The summed E-state index contributed by atoms with van der Waals surface area (Å²) >= 11 is 0. The number of hydrogen-bond donors (Lipinski definition) is 2. The van der Waals surface area contributed by atoms with E-state index < -0.39 is 0 Å². The molecule has 1 unspecified atom stereocenters. The first kappa shape index (κ1) is 10.5. The highest BCUT2D eigenvalue weighted by atomic mass is 16.5. The second-order valence-corrected chi connectivity index (χ2v) is 4.49. The van der Waals surface area contributed by atoms with E-state index in [9.17, 15) is 0 Å². The Morgan fingerprint density at radius 2 is 2.00 bits per heavy atom. The van der Waals surface area contributed by atoms with Crippen LogP contribution in [0.2, 0.25) is 0 Å². The van der Waals surface area contributed by atoms with Crippen LogP contribution in [0.4, 0.5) is 0 Å². The molecule has 0 saturated carbocycles. The van der Waals surface area contributed by atoms with E-state index in [1.807, 2.05) is 19.1 Å². The highest BCUT2D eigenvalue weighted by Gasteiger charge is 2.31. The van der Waals surface area contributed by atoms with Gasteiger partial charge in [0.2, 0.25) is 0 Å². The van der Waals surface area contributed by atoms with Gasteiger partial charge in [-0.2, -0.15) is 0 Å². The molecule has 0 aromatic rings. The number of allylic oxidation sites excluding steroid dienone is 2. The van der Waals surface area contributed by atoms with Crippen molar-refractivity contribution in [3.63, 3.8) is 0 Å². The maximum atomic E-state index is 6.27. The van der Waals surface area contributed by atoms with Gasteiger partial charge in [0.1, 0.15) is 0 Å². The van der Waals surface area contributed by atoms with Crippen molar-refractivity contribution in [1.82, 2.24) is 4.90 Å². The molecule has 1 saturated heterocycles. The summed E-state index contributed by atoms with van der Waals surface area (Å²) in [5.41, 5.74) is 13.8. The topological polar surface area (TPSA) is 64.5 Å². The van der Waals surface area contributed by atoms with Crippen molar-refractivity contribution in [3.05, 3.63) is 23.5 Å². The molecule has 15 heavy (non-hydrogen) atoms. The van der Waals surface area contributed by atoms with Crippen molar-refractivity contribution >= 4 is 0 Å². The second kappa shape index (κ2) is 3.87. The van der Waals surface area contributed by atoms with Gasteiger partial charge in [-0.25, -0.2) is 0 Å². The monoisotopic (exact) mass is 209 g/mol. The summed E-state index contributed by atoms with van der Waals surface area (Å²) in [4.78, 5) is 2.30. The lowest BCUT2D eigenvalue weighted by atomic mass is 9.88. The van der Waals surface area contributed by atoms with E-state index in [0.29, 0.717) is 0 Å². The fraction of sp³-hybridized carbons (Fsp3) is 0.636. The first-order chi connectivity index (χ1) is 7.09. The summed E-state index contributed by atoms with van der Waals surface area (Å²) in [6, 6.07) is 0. The van der Waals surface area contributed by atoms with Crippen LogP contribution >= 0.6 is 0 Å². The van der Waals surface area contributed by atoms with E-state index in [0.717, 1.165) is 38.4 Å². The summed E-state index contributed by atoms with van der Waals surface area (Å²) in [6.45, 7) is 5.45. The lowest BCUT2D eigenvalue weighted by Crippen LogP contribution is -2.50. The predicted molar refractivity (Wildman–Crippen MR) is 60.0 cm³/mol. The molecular formula is C11H19N3O. The first-order valence-corrected chi connectivity index (χ1v) is 5.38. The van der Waals surface area contributed by atoms with Crippen molar-refractivity contribution in [2.24, 2.45) is 11.5 Å². The van der Waals surface area contributed by atoms with Gasteiger partial charge < -0.3 is 21.1 Å². The maximum Gasteiger partial charge on any atom is 0.0642 e. The highest BCUT2D eigenvalue weighted by Crippen LogP contribution is 2.28. The molecule has 1 aliphatic carbocycles. The van der Waals surface area contributed by atoms with Gasteiger partial charge in [-0.1, -0.05) is 0 Å². The zero-order chi connectivity index (χ0) is 10.9. The molecule has 4 N–H and O–H groups in total. The van der Waals surface area contributed by atoms with Crippen molar-refractivity contribution in [3.8, 4) is 0 Å². The molecule has 1 aliphatic heterocycles. The van der Waals surface area contributed by atoms with Gasteiger partial charge in [0.05, 0.1) is 18.8 Å². The summed E-state index contributed by atoms with van der Waals surface area (Å²) < 4.78 is 5.33. The molecule has 0 aromatic carbocycles. The van der Waals surface area contributed by atoms with Gasteiger partial charge in [-0.05, 0) is 19.1 Å². The van der Waals surface area contributed by atoms with E-state index >= 15 is 0 Å². The molecule has 0 radical (unpaired) electrons. The predicted octanol–water partition coefficient (Wildman–Crippen LogP) is 0.166. The van der Waals surface area contributed by atoms with E-state index in [4.69, 9.17) is 16.2 Å². The molecule has 84 valence electrons. The molecule has 0 aromatic heterocycles. The molecule has 2 aliphatic rings. The Bertz CT molecular complexity index is 301. The summed E-state index contributed by atoms with van der Waals surface area (Å²) in [6.07, 6.45) is 4.74. The zero-order valence-corrected chi connectivity index (χ0v) is 9.20. The van der Waals surface area contributed by atoms with E-state index in [2.05, 4.69) is 4.90 Å². The number of rotatable bonds is 1. The third-order valence-electron chi connectivity index (χ3n) is 2.96. The zero-order valence-electron chi connectivity index (χ0n) is 9.20. The summed E-state index contributed by atoms with van der Waals surface area (Å²) in [5, 5.41) is 0. The fourth-order valence-electron chi connectivity index (χ4n) is 2.22. The molecule has 1 atom stereocenters. The molecule has 0 spiro atoms. The van der Waals surface area contributed by atoms with Crippen LogP contribution in [-0.4, -0.2) is 36.7 Å². The van der Waals surface area contributed by atoms with Crippen LogP contribution in [0, 0.1) is 0 Å². The quantitative estimate of drug-likeness (QED) is 0.646. The van der Waals surface area contributed by atoms with Crippen molar-refractivity contribution in [2.75, 3.05) is 26.3 Å². The van der Waals surface area contributed by atoms with Crippen molar-refractivity contribution in [1.29, 1.82) is 0 Å². The Morgan fingerprint density at radius 3 is 2.60 bits per heavy atom. The number of nitrogens with zero attached hydrogens (tertiary/aromatic N) is 1. The molecule has 1 heterocycles. The van der Waals surface area contributed by atoms with Gasteiger partial charge in [0.15, 0.2) is 0 Å². The molecular weight excluding hydrogens is 190 g/mol. The van der Waals surface area contributed by atoms with Crippen molar-refractivity contribution < 1.29 is 4.74 Å². The van der Waals surface area contributed by atoms with E-state index in [-0.39, 0.29) is 5.54 Å². The smallest absolute Gasteiger partial charge is 0.0642 e. The van der Waals surface area contributed by atoms with Crippen LogP contribution in [0.5, 0.6) is 0 Å². The number of nitrogens with two attached hydrogens (primary N) is 2. The average molecular weight is 209 g/mol. The Hall–Kier alpha value is -1.00. The van der Waals surface area contributed by atoms with Crippen LogP contribution in [0.15, 0.2) is 23.5 Å². The van der Waals surface area contributed by atoms with Crippen LogP contribution < -0.4 is 11.5 Å². The van der Waals surface area contributed by atoms with Gasteiger partial charge in [0, 0.05) is 30.9 Å². The minimum absolute atomic E-state index is 0.337. The van der Waals surface area contributed by atoms with Crippen LogP contribution in [-0.2, 0) is 4.74 Å². The van der Waals surface area contributed by atoms with Gasteiger partial charge >= 0.3 is 0 Å². The highest BCUT2D eigenvalue weighted by molar-refractivity contribution is 5.31. The lowest BCUT2D eigenvalue weighted by Gasteiger charge is -2.40. The first-order valence-electron chi connectivity index (χ1n) is 5.38. The van der Waals surface area contributed by atoms with E-state index in [1.54, 1.807) is 0 Å². The molecule has 2 rings (SSSR count). The number of morpholine rings is 1. The molecule has 0 amide bonds.